The average Bonchev–Trinajstić information content (AvgIpc) is 3.13. The molecule has 0 bridgehead atoms. The quantitative estimate of drug-likeness (QED) is 0.571. The maximum atomic E-state index is 14.2. The summed E-state index contributed by atoms with van der Waals surface area (Å²) >= 11 is 1.59. The van der Waals surface area contributed by atoms with E-state index in [-0.39, 0.29) is 30.9 Å². The summed E-state index contributed by atoms with van der Waals surface area (Å²) < 4.78 is -1.46. The first-order valence-electron chi connectivity index (χ1n) is 12.9. The predicted octanol–water partition coefficient (Wildman–Crippen LogP) is 2.46. The molecule has 2 saturated heterocycles. The Morgan fingerprint density at radius 3 is 2.39 bits per heavy atom. The highest BCUT2D eigenvalue weighted by Crippen LogP contribution is 2.65. The van der Waals surface area contributed by atoms with Crippen molar-refractivity contribution < 1.29 is 19.5 Å². The van der Waals surface area contributed by atoms with Crippen LogP contribution in [0.4, 0.5) is 0 Å². The summed E-state index contributed by atoms with van der Waals surface area (Å²) in [5.74, 6) is -1.59. The second-order valence-electron chi connectivity index (χ2n) is 10.4. The molecule has 1 spiro atoms. The number of hydrogen-bond donors (Lipinski definition) is 1. The van der Waals surface area contributed by atoms with E-state index in [1.54, 1.807) is 16.7 Å². The Labute approximate surface area is 217 Å². The Hall–Kier alpha value is -2.58. The van der Waals surface area contributed by atoms with Crippen LogP contribution in [-0.2, 0) is 20.9 Å². The van der Waals surface area contributed by atoms with E-state index in [4.69, 9.17) is 0 Å². The van der Waals surface area contributed by atoms with Crippen molar-refractivity contribution in [3.63, 3.8) is 0 Å². The van der Waals surface area contributed by atoms with Gasteiger partial charge in [-0.05, 0) is 18.9 Å². The molecule has 4 aliphatic rings. The van der Waals surface area contributed by atoms with Gasteiger partial charge in [-0.25, -0.2) is 0 Å². The van der Waals surface area contributed by atoms with Gasteiger partial charge in [-0.1, -0.05) is 68.0 Å². The Bertz CT molecular complexity index is 1090. The van der Waals surface area contributed by atoms with Gasteiger partial charge in [0.15, 0.2) is 0 Å². The van der Waals surface area contributed by atoms with Crippen LogP contribution in [0.5, 0.6) is 0 Å². The molecular weight excluding hydrogens is 474 g/mol. The number of aliphatic hydroxyl groups is 1. The summed E-state index contributed by atoms with van der Waals surface area (Å²) in [5, 5.41) is 9.82. The molecule has 7 nitrogen and oxygen atoms in total. The highest BCUT2D eigenvalue weighted by Gasteiger charge is 2.73. The Kier molecular flexibility index (Phi) is 6.76. The second-order valence-corrected chi connectivity index (χ2v) is 12.2. The third kappa shape index (κ3) is 3.89. The Balaban J connectivity index is 1.56. The topological polar surface area (TPSA) is 81.2 Å². The van der Waals surface area contributed by atoms with Crippen molar-refractivity contribution in [1.82, 2.24) is 14.7 Å². The van der Waals surface area contributed by atoms with Gasteiger partial charge >= 0.3 is 0 Å². The van der Waals surface area contributed by atoms with Gasteiger partial charge in [0.1, 0.15) is 6.04 Å². The summed E-state index contributed by atoms with van der Waals surface area (Å²) in [7, 11) is 0. The first-order valence-corrected chi connectivity index (χ1v) is 13.8. The number of thioether (sulfide) groups is 1. The van der Waals surface area contributed by atoms with E-state index in [9.17, 15) is 19.5 Å². The predicted molar refractivity (Wildman–Crippen MR) is 140 cm³/mol. The van der Waals surface area contributed by atoms with Crippen molar-refractivity contribution in [1.29, 1.82) is 0 Å². The first-order chi connectivity index (χ1) is 17.4. The Morgan fingerprint density at radius 1 is 0.944 bits per heavy atom. The fraction of sp³-hybridized carbons (Fsp3) is 0.536. The third-order valence-electron chi connectivity index (χ3n) is 8.06. The summed E-state index contributed by atoms with van der Waals surface area (Å²) in [6.45, 7) is 6.07. The molecule has 2 fully saturated rings. The molecule has 1 N–H and O–H groups in total. The van der Waals surface area contributed by atoms with E-state index in [0.29, 0.717) is 26.2 Å². The van der Waals surface area contributed by atoms with Crippen LogP contribution in [0.15, 0.2) is 54.6 Å². The maximum absolute atomic E-state index is 14.2. The molecule has 4 heterocycles. The molecule has 8 heteroatoms. The first kappa shape index (κ1) is 25.1. The molecule has 0 saturated carbocycles. The highest BCUT2D eigenvalue weighted by atomic mass is 32.2. The fourth-order valence-corrected chi connectivity index (χ4v) is 8.62. The zero-order valence-corrected chi connectivity index (χ0v) is 21.8. The van der Waals surface area contributed by atoms with Crippen LogP contribution < -0.4 is 0 Å². The van der Waals surface area contributed by atoms with Crippen LogP contribution in [0, 0.1) is 11.8 Å². The summed E-state index contributed by atoms with van der Waals surface area (Å²) in [6, 6.07) is 9.15. The molecule has 0 aromatic heterocycles. The van der Waals surface area contributed by atoms with E-state index in [1.165, 1.54) is 0 Å². The SMILES string of the molecule is CCCCN1CC=C[C@]23S[C@@]4(C)C=CCN(Cc5ccccc5)C(=O)[C@H]4[C@H]2C(=O)N(CCO)C3C1=O. The molecule has 0 radical (unpaired) electrons. The normalized spacial score (nSPS) is 33.5. The van der Waals surface area contributed by atoms with Gasteiger partial charge in [-0.2, -0.15) is 0 Å². The Morgan fingerprint density at radius 2 is 1.67 bits per heavy atom. The number of carbonyl (C=O) groups is 3. The second kappa shape index (κ2) is 9.71. The number of fused-ring (bicyclic) bond motifs is 2. The minimum Gasteiger partial charge on any atom is -0.395 e. The van der Waals surface area contributed by atoms with Gasteiger partial charge in [0.25, 0.3) is 0 Å². The van der Waals surface area contributed by atoms with E-state index in [1.807, 2.05) is 65.3 Å². The number of nitrogens with zero attached hydrogens (tertiary/aromatic N) is 3. The summed E-state index contributed by atoms with van der Waals surface area (Å²) in [4.78, 5) is 47.4. The zero-order chi connectivity index (χ0) is 25.5. The van der Waals surface area contributed by atoms with Crippen molar-refractivity contribution in [3.8, 4) is 0 Å². The molecule has 1 unspecified atom stereocenters. The number of likely N-dealkylation sites (tertiary alicyclic amines) is 1. The van der Waals surface area contributed by atoms with Gasteiger partial charge in [-0.15, -0.1) is 11.8 Å². The van der Waals surface area contributed by atoms with Crippen molar-refractivity contribution in [3.05, 3.63) is 60.2 Å². The van der Waals surface area contributed by atoms with Crippen molar-refractivity contribution in [2.45, 2.75) is 48.8 Å². The van der Waals surface area contributed by atoms with E-state index >= 15 is 0 Å². The molecule has 1 aromatic carbocycles. The monoisotopic (exact) mass is 509 g/mol. The molecule has 4 aliphatic heterocycles. The number of unbranched alkanes of at least 4 members (excludes halogenated alkanes) is 1. The average molecular weight is 510 g/mol. The lowest BCUT2D eigenvalue weighted by molar-refractivity contribution is -0.145. The minimum absolute atomic E-state index is 0.0494. The lowest BCUT2D eigenvalue weighted by Gasteiger charge is -2.36. The maximum Gasteiger partial charge on any atom is 0.247 e. The van der Waals surface area contributed by atoms with Gasteiger partial charge < -0.3 is 19.8 Å². The molecule has 0 aliphatic carbocycles. The van der Waals surface area contributed by atoms with Crippen LogP contribution in [0.1, 0.15) is 32.3 Å². The molecule has 1 aromatic rings. The lowest BCUT2D eigenvalue weighted by Crippen LogP contribution is -2.54. The van der Waals surface area contributed by atoms with Crippen molar-refractivity contribution in [2.24, 2.45) is 11.8 Å². The number of amides is 3. The molecule has 5 atom stereocenters. The highest BCUT2D eigenvalue weighted by molar-refractivity contribution is 8.02. The molecule has 5 rings (SSSR count). The fourth-order valence-electron chi connectivity index (χ4n) is 6.46. The van der Waals surface area contributed by atoms with Crippen molar-refractivity contribution in [2.75, 3.05) is 32.8 Å². The standard InChI is InChI=1S/C28H35N3O4S/c1-3-4-14-29-15-9-13-28-22(25(34)31(17-18-32)23(28)26(29)35)21-24(33)30(16-8-12-27(21,2)36-28)19-20-10-6-5-7-11-20/h5-13,21-23,32H,3-4,14-19H2,1-2H3/t21-,22+,23?,27+,28+/m1/s1. The van der Waals surface area contributed by atoms with Gasteiger partial charge in [0.2, 0.25) is 17.7 Å². The van der Waals surface area contributed by atoms with E-state index in [0.717, 1.165) is 18.4 Å². The van der Waals surface area contributed by atoms with Crippen LogP contribution in [0.2, 0.25) is 0 Å². The minimum atomic E-state index is -0.848. The smallest absolute Gasteiger partial charge is 0.247 e. The summed E-state index contributed by atoms with van der Waals surface area (Å²) in [6.07, 6.45) is 10.0. The van der Waals surface area contributed by atoms with Gasteiger partial charge in [0, 0.05) is 37.5 Å². The molecule has 36 heavy (non-hydrogen) atoms. The van der Waals surface area contributed by atoms with Crippen LogP contribution in [0.25, 0.3) is 0 Å². The van der Waals surface area contributed by atoms with Gasteiger partial charge in [-0.3, -0.25) is 14.4 Å². The van der Waals surface area contributed by atoms with Crippen LogP contribution in [0.3, 0.4) is 0 Å². The van der Waals surface area contributed by atoms with Crippen molar-refractivity contribution >= 4 is 29.5 Å². The lowest BCUT2D eigenvalue weighted by atomic mass is 9.74. The van der Waals surface area contributed by atoms with E-state index in [2.05, 4.69) is 13.0 Å². The number of aliphatic hydroxyl groups excluding tert-OH is 1. The molecule has 3 amide bonds. The molecular formula is C28H35N3O4S. The summed E-state index contributed by atoms with van der Waals surface area (Å²) in [5.41, 5.74) is 1.04. The third-order valence-corrected chi connectivity index (χ3v) is 9.86. The van der Waals surface area contributed by atoms with Crippen LogP contribution in [-0.4, -0.2) is 85.8 Å². The van der Waals surface area contributed by atoms with Crippen LogP contribution >= 0.6 is 11.8 Å². The van der Waals surface area contributed by atoms with Gasteiger partial charge in [0.05, 0.1) is 23.2 Å². The zero-order valence-electron chi connectivity index (χ0n) is 21.0. The number of carbonyl (C=O) groups excluding carboxylic acids is 3. The number of β-amino-alcohol motifs (C(OH)–C–C–N with tert-alkyl or cyclic N) is 1. The number of benzene rings is 1. The largest absolute Gasteiger partial charge is 0.395 e. The molecule has 192 valence electrons. The number of hydrogen-bond acceptors (Lipinski definition) is 5. The number of rotatable bonds is 7. The van der Waals surface area contributed by atoms with E-state index < -0.39 is 27.4 Å².